The van der Waals surface area contributed by atoms with Gasteiger partial charge < -0.3 is 14.6 Å². The maximum absolute atomic E-state index is 12.9. The molecule has 0 atom stereocenters. The lowest BCUT2D eigenvalue weighted by Crippen LogP contribution is -2.31. The van der Waals surface area contributed by atoms with Gasteiger partial charge in [0.05, 0.1) is 19.0 Å². The lowest BCUT2D eigenvalue weighted by atomic mass is 10.1. The van der Waals surface area contributed by atoms with Crippen LogP contribution in [-0.2, 0) is 16.1 Å². The summed E-state index contributed by atoms with van der Waals surface area (Å²) in [6.45, 7) is 0.613. The number of methoxy groups -OCH3 is 1. The minimum atomic E-state index is -0.516. The van der Waals surface area contributed by atoms with Crippen molar-refractivity contribution < 1.29 is 14.3 Å². The van der Waals surface area contributed by atoms with Crippen molar-refractivity contribution in [3.05, 3.63) is 80.6 Å². The van der Waals surface area contributed by atoms with E-state index < -0.39 is 11.9 Å². The molecule has 2 aromatic carbocycles. The van der Waals surface area contributed by atoms with Crippen LogP contribution in [-0.4, -0.2) is 30.1 Å². The third kappa shape index (κ3) is 4.48. The van der Waals surface area contributed by atoms with Gasteiger partial charge in [-0.3, -0.25) is 14.4 Å². The van der Waals surface area contributed by atoms with E-state index in [0.717, 1.165) is 15.6 Å². The monoisotopic (exact) mass is 442 g/mol. The first-order chi connectivity index (χ1) is 13.5. The van der Waals surface area contributed by atoms with Crippen molar-refractivity contribution in [1.82, 2.24) is 9.88 Å². The minimum absolute atomic E-state index is 0.0337. The molecule has 144 valence electrons. The highest BCUT2D eigenvalue weighted by Crippen LogP contribution is 2.19. The maximum Gasteiger partial charge on any atom is 0.307 e. The molecule has 0 fully saturated rings. The van der Waals surface area contributed by atoms with E-state index in [1.54, 1.807) is 12.3 Å². The highest BCUT2D eigenvalue weighted by Gasteiger charge is 2.16. The molecule has 3 rings (SSSR count). The zero-order valence-electron chi connectivity index (χ0n) is 15.3. The molecule has 7 heteroatoms. The SMILES string of the molecule is COC(=O)CCNC(=O)c1cn(Cc2ccccc2)c2ccc(Br)cc2c1=O. The van der Waals surface area contributed by atoms with Gasteiger partial charge in [0.15, 0.2) is 0 Å². The molecule has 1 aromatic heterocycles. The van der Waals surface area contributed by atoms with Gasteiger partial charge in [-0.05, 0) is 23.8 Å². The third-order valence-electron chi connectivity index (χ3n) is 4.32. The molecule has 0 saturated carbocycles. The van der Waals surface area contributed by atoms with Crippen molar-refractivity contribution in [2.45, 2.75) is 13.0 Å². The number of nitrogens with zero attached hydrogens (tertiary/aromatic N) is 1. The predicted molar refractivity (Wildman–Crippen MR) is 110 cm³/mol. The fourth-order valence-electron chi connectivity index (χ4n) is 2.92. The molecule has 0 spiro atoms. The van der Waals surface area contributed by atoms with Crippen LogP contribution in [0.4, 0.5) is 0 Å². The van der Waals surface area contributed by atoms with Crippen LogP contribution < -0.4 is 10.7 Å². The summed E-state index contributed by atoms with van der Waals surface area (Å²) in [6.07, 6.45) is 1.61. The molecule has 0 saturated heterocycles. The highest BCUT2D eigenvalue weighted by atomic mass is 79.9. The smallest absolute Gasteiger partial charge is 0.307 e. The lowest BCUT2D eigenvalue weighted by molar-refractivity contribution is -0.140. The Kier molecular flexibility index (Phi) is 6.26. The van der Waals surface area contributed by atoms with Gasteiger partial charge in [-0.2, -0.15) is 0 Å². The van der Waals surface area contributed by atoms with Crippen LogP contribution in [0.2, 0.25) is 0 Å². The summed E-state index contributed by atoms with van der Waals surface area (Å²) in [6, 6.07) is 15.2. The fraction of sp³-hybridized carbons (Fsp3) is 0.190. The molecular weight excluding hydrogens is 424 g/mol. The number of ether oxygens (including phenoxy) is 1. The average Bonchev–Trinajstić information content (AvgIpc) is 2.70. The summed E-state index contributed by atoms with van der Waals surface area (Å²) in [5.41, 5.74) is 1.47. The molecule has 28 heavy (non-hydrogen) atoms. The summed E-state index contributed by atoms with van der Waals surface area (Å²) in [4.78, 5) is 36.7. The predicted octanol–water partition coefficient (Wildman–Crippen LogP) is 3.11. The second-order valence-corrected chi connectivity index (χ2v) is 7.14. The second-order valence-electron chi connectivity index (χ2n) is 6.23. The summed E-state index contributed by atoms with van der Waals surface area (Å²) in [5, 5.41) is 3.06. The molecule has 6 nitrogen and oxygen atoms in total. The largest absolute Gasteiger partial charge is 0.469 e. The molecule has 0 aliphatic carbocycles. The van der Waals surface area contributed by atoms with Crippen molar-refractivity contribution in [2.75, 3.05) is 13.7 Å². The second kappa shape index (κ2) is 8.84. The van der Waals surface area contributed by atoms with Gasteiger partial charge in [0.25, 0.3) is 5.91 Å². The van der Waals surface area contributed by atoms with Crippen LogP contribution in [0.5, 0.6) is 0 Å². The van der Waals surface area contributed by atoms with Crippen molar-refractivity contribution in [2.24, 2.45) is 0 Å². The number of amides is 1. The van der Waals surface area contributed by atoms with Gasteiger partial charge in [-0.1, -0.05) is 46.3 Å². The summed E-state index contributed by atoms with van der Waals surface area (Å²) >= 11 is 3.39. The van der Waals surface area contributed by atoms with Crippen LogP contribution in [0.25, 0.3) is 10.9 Å². The Morgan fingerprint density at radius 3 is 2.61 bits per heavy atom. The Labute approximate surface area is 170 Å². The Hall–Kier alpha value is -2.93. The van der Waals surface area contributed by atoms with Crippen LogP contribution in [0.3, 0.4) is 0 Å². The van der Waals surface area contributed by atoms with E-state index in [4.69, 9.17) is 0 Å². The van der Waals surface area contributed by atoms with Gasteiger partial charge in [-0.15, -0.1) is 0 Å². The topological polar surface area (TPSA) is 77.4 Å². The summed E-state index contributed by atoms with van der Waals surface area (Å²) in [5.74, 6) is -0.943. The van der Waals surface area contributed by atoms with Crippen LogP contribution in [0, 0.1) is 0 Å². The molecule has 0 bridgehead atoms. The molecule has 0 radical (unpaired) electrons. The number of carbonyl (C=O) groups excluding carboxylic acids is 2. The Balaban J connectivity index is 2.00. The van der Waals surface area contributed by atoms with E-state index in [2.05, 4.69) is 26.0 Å². The number of esters is 1. The van der Waals surface area contributed by atoms with Gasteiger partial charge in [0.2, 0.25) is 5.43 Å². The number of benzene rings is 2. The van der Waals surface area contributed by atoms with Gasteiger partial charge in [0.1, 0.15) is 5.56 Å². The average molecular weight is 443 g/mol. The Morgan fingerprint density at radius 1 is 1.14 bits per heavy atom. The zero-order chi connectivity index (χ0) is 20.1. The Bertz CT molecular complexity index is 1080. The normalized spacial score (nSPS) is 10.6. The summed E-state index contributed by atoms with van der Waals surface area (Å²) < 4.78 is 7.20. The molecule has 0 aliphatic rings. The van der Waals surface area contributed by atoms with E-state index in [1.807, 2.05) is 47.0 Å². The number of hydrogen-bond acceptors (Lipinski definition) is 4. The van der Waals surface area contributed by atoms with Crippen LogP contribution in [0.1, 0.15) is 22.3 Å². The molecular formula is C21H19BrN2O4. The van der Waals surface area contributed by atoms with Crippen molar-refractivity contribution in [3.63, 3.8) is 0 Å². The third-order valence-corrected chi connectivity index (χ3v) is 4.82. The highest BCUT2D eigenvalue weighted by molar-refractivity contribution is 9.10. The quantitative estimate of drug-likeness (QED) is 0.594. The molecule has 1 heterocycles. The number of pyridine rings is 1. The molecule has 1 amide bonds. The first-order valence-corrected chi connectivity index (χ1v) is 9.50. The van der Waals surface area contributed by atoms with Crippen LogP contribution in [0.15, 0.2) is 64.0 Å². The molecule has 0 unspecified atom stereocenters. The van der Waals surface area contributed by atoms with Gasteiger partial charge >= 0.3 is 5.97 Å². The van der Waals surface area contributed by atoms with E-state index >= 15 is 0 Å². The van der Waals surface area contributed by atoms with E-state index in [0.29, 0.717) is 11.9 Å². The van der Waals surface area contributed by atoms with Crippen molar-refractivity contribution in [3.8, 4) is 0 Å². The van der Waals surface area contributed by atoms with Gasteiger partial charge in [0, 0.05) is 29.1 Å². The lowest BCUT2D eigenvalue weighted by Gasteiger charge is -2.14. The summed E-state index contributed by atoms with van der Waals surface area (Å²) in [7, 11) is 1.29. The van der Waals surface area contributed by atoms with E-state index in [-0.39, 0.29) is 24.0 Å². The van der Waals surface area contributed by atoms with Crippen molar-refractivity contribution >= 4 is 38.7 Å². The van der Waals surface area contributed by atoms with Crippen molar-refractivity contribution in [1.29, 1.82) is 0 Å². The number of carbonyl (C=O) groups is 2. The minimum Gasteiger partial charge on any atom is -0.469 e. The molecule has 0 aliphatic heterocycles. The number of nitrogens with one attached hydrogen (secondary N) is 1. The zero-order valence-corrected chi connectivity index (χ0v) is 16.9. The Morgan fingerprint density at radius 2 is 1.89 bits per heavy atom. The number of rotatable bonds is 6. The number of fused-ring (bicyclic) bond motifs is 1. The van der Waals surface area contributed by atoms with E-state index in [9.17, 15) is 14.4 Å². The first-order valence-electron chi connectivity index (χ1n) is 8.71. The van der Waals surface area contributed by atoms with Gasteiger partial charge in [-0.25, -0.2) is 0 Å². The molecule has 3 aromatic rings. The standard InChI is InChI=1S/C21H19BrN2O4/c1-28-19(25)9-10-23-21(27)17-13-24(12-14-5-3-2-4-6-14)18-8-7-15(22)11-16(18)20(17)26/h2-8,11,13H,9-10,12H2,1H3,(H,23,27). The number of halogens is 1. The number of aromatic nitrogens is 1. The first kappa shape index (κ1) is 19.8. The fourth-order valence-corrected chi connectivity index (χ4v) is 3.28. The van der Waals surface area contributed by atoms with E-state index in [1.165, 1.54) is 7.11 Å². The molecule has 1 N–H and O–H groups in total. The van der Waals surface area contributed by atoms with Crippen LogP contribution >= 0.6 is 15.9 Å². The maximum atomic E-state index is 12.9. The number of hydrogen-bond donors (Lipinski definition) is 1.